The molecule has 0 aliphatic heterocycles. The van der Waals surface area contributed by atoms with Crippen molar-refractivity contribution in [2.45, 2.75) is 78.4 Å². The third kappa shape index (κ3) is 6.11. The summed E-state index contributed by atoms with van der Waals surface area (Å²) in [7, 11) is 0. The molecule has 3 heteroatoms. The van der Waals surface area contributed by atoms with Crippen LogP contribution in [-0.4, -0.2) is 24.0 Å². The lowest BCUT2D eigenvalue weighted by Gasteiger charge is -2.22. The molecule has 16 heavy (non-hydrogen) atoms. The van der Waals surface area contributed by atoms with Crippen LogP contribution >= 0.6 is 0 Å². The maximum atomic E-state index is 11.8. The van der Waals surface area contributed by atoms with Gasteiger partial charge in [0, 0.05) is 12.1 Å². The first-order valence-electron chi connectivity index (χ1n) is 6.61. The highest BCUT2D eigenvalue weighted by Crippen LogP contribution is 2.00. The largest absolute Gasteiger partial charge is 0.352 e. The van der Waals surface area contributed by atoms with Gasteiger partial charge in [0.25, 0.3) is 0 Å². The third-order valence-corrected chi connectivity index (χ3v) is 2.97. The average molecular weight is 228 g/mol. The van der Waals surface area contributed by atoms with Crippen LogP contribution in [-0.2, 0) is 4.79 Å². The first kappa shape index (κ1) is 15.4. The fraction of sp³-hybridized carbons (Fsp3) is 0.923. The van der Waals surface area contributed by atoms with E-state index < -0.39 is 0 Å². The molecule has 96 valence electrons. The number of hydrogen-bond donors (Lipinski definition) is 2. The van der Waals surface area contributed by atoms with Crippen molar-refractivity contribution in [1.82, 2.24) is 10.6 Å². The Balaban J connectivity index is 3.97. The van der Waals surface area contributed by atoms with Crippen molar-refractivity contribution < 1.29 is 4.79 Å². The number of rotatable bonds is 8. The molecule has 1 amide bonds. The fourth-order valence-corrected chi connectivity index (χ4v) is 1.83. The lowest BCUT2D eigenvalue weighted by Crippen LogP contribution is -2.48. The van der Waals surface area contributed by atoms with Crippen LogP contribution in [0.2, 0.25) is 0 Å². The summed E-state index contributed by atoms with van der Waals surface area (Å²) in [6.07, 6.45) is 4.29. The van der Waals surface area contributed by atoms with E-state index >= 15 is 0 Å². The highest BCUT2D eigenvalue weighted by Gasteiger charge is 2.16. The molecule has 0 saturated carbocycles. The van der Waals surface area contributed by atoms with Gasteiger partial charge in [-0.3, -0.25) is 4.79 Å². The fourth-order valence-electron chi connectivity index (χ4n) is 1.83. The normalized spacial score (nSPS) is 14.9. The second kappa shape index (κ2) is 8.57. The van der Waals surface area contributed by atoms with E-state index in [9.17, 15) is 4.79 Å². The minimum Gasteiger partial charge on any atom is -0.352 e. The Morgan fingerprint density at radius 1 is 1.12 bits per heavy atom. The van der Waals surface area contributed by atoms with Gasteiger partial charge in [-0.25, -0.2) is 0 Å². The lowest BCUT2D eigenvalue weighted by molar-refractivity contribution is -0.123. The summed E-state index contributed by atoms with van der Waals surface area (Å²) in [5.74, 6) is 0.118. The zero-order valence-corrected chi connectivity index (χ0v) is 11.5. The third-order valence-electron chi connectivity index (χ3n) is 2.97. The molecular weight excluding hydrogens is 200 g/mol. The number of nitrogens with one attached hydrogen (secondary N) is 2. The van der Waals surface area contributed by atoms with Gasteiger partial charge in [0.2, 0.25) is 5.91 Å². The van der Waals surface area contributed by atoms with Gasteiger partial charge in [-0.05, 0) is 33.1 Å². The van der Waals surface area contributed by atoms with Crippen molar-refractivity contribution in [3.63, 3.8) is 0 Å². The van der Waals surface area contributed by atoms with E-state index in [0.29, 0.717) is 6.04 Å². The van der Waals surface area contributed by atoms with E-state index in [1.54, 1.807) is 0 Å². The molecule has 0 aliphatic carbocycles. The van der Waals surface area contributed by atoms with Crippen LogP contribution < -0.4 is 10.6 Å². The zero-order valence-electron chi connectivity index (χ0n) is 11.5. The number of carbonyl (C=O) groups excluding carboxylic acids is 1. The summed E-state index contributed by atoms with van der Waals surface area (Å²) in [5, 5.41) is 6.38. The Hall–Kier alpha value is -0.570. The number of amides is 1. The summed E-state index contributed by atoms with van der Waals surface area (Å²) >= 11 is 0. The molecule has 0 aliphatic rings. The smallest absolute Gasteiger partial charge is 0.237 e. The number of hydrogen-bond acceptors (Lipinski definition) is 2. The average Bonchev–Trinajstić information content (AvgIpc) is 2.25. The SMILES string of the molecule is CCCC(C)NC(=O)C(C)NC(CC)CC. The maximum absolute atomic E-state index is 11.8. The van der Waals surface area contributed by atoms with Crippen LogP contribution in [0.4, 0.5) is 0 Å². The minimum absolute atomic E-state index is 0.0933. The summed E-state index contributed by atoms with van der Waals surface area (Å²) < 4.78 is 0. The van der Waals surface area contributed by atoms with E-state index in [4.69, 9.17) is 0 Å². The van der Waals surface area contributed by atoms with E-state index in [2.05, 4.69) is 38.3 Å². The second-order valence-corrected chi connectivity index (χ2v) is 4.60. The van der Waals surface area contributed by atoms with Crippen molar-refractivity contribution in [1.29, 1.82) is 0 Å². The maximum Gasteiger partial charge on any atom is 0.237 e. The first-order valence-corrected chi connectivity index (χ1v) is 6.61. The van der Waals surface area contributed by atoms with Crippen molar-refractivity contribution in [3.8, 4) is 0 Å². The van der Waals surface area contributed by atoms with Crippen LogP contribution in [0.1, 0.15) is 60.3 Å². The van der Waals surface area contributed by atoms with Crippen molar-refractivity contribution in [3.05, 3.63) is 0 Å². The predicted octanol–water partition coefficient (Wildman–Crippen LogP) is 2.46. The van der Waals surface area contributed by atoms with Gasteiger partial charge in [-0.1, -0.05) is 27.2 Å². The molecule has 2 N–H and O–H groups in total. The van der Waals surface area contributed by atoms with Crippen LogP contribution in [0.3, 0.4) is 0 Å². The topological polar surface area (TPSA) is 41.1 Å². The zero-order chi connectivity index (χ0) is 12.6. The van der Waals surface area contributed by atoms with Gasteiger partial charge >= 0.3 is 0 Å². The summed E-state index contributed by atoms with van der Waals surface area (Å²) in [5.41, 5.74) is 0. The Bertz CT molecular complexity index is 190. The summed E-state index contributed by atoms with van der Waals surface area (Å²) in [4.78, 5) is 11.8. The standard InChI is InChI=1S/C13H28N2O/c1-6-9-10(4)14-13(16)11(5)15-12(7-2)8-3/h10-12,15H,6-9H2,1-5H3,(H,14,16). The molecule has 0 aromatic heterocycles. The summed E-state index contributed by atoms with van der Waals surface area (Å²) in [6, 6.07) is 0.634. The molecule has 0 aromatic rings. The van der Waals surface area contributed by atoms with Crippen LogP contribution in [0.5, 0.6) is 0 Å². The molecule has 0 spiro atoms. The van der Waals surface area contributed by atoms with E-state index in [-0.39, 0.29) is 18.0 Å². The molecule has 0 heterocycles. The van der Waals surface area contributed by atoms with Crippen molar-refractivity contribution >= 4 is 5.91 Å². The highest BCUT2D eigenvalue weighted by atomic mass is 16.2. The Morgan fingerprint density at radius 2 is 1.69 bits per heavy atom. The van der Waals surface area contributed by atoms with Crippen LogP contribution in [0, 0.1) is 0 Å². The monoisotopic (exact) mass is 228 g/mol. The van der Waals surface area contributed by atoms with Crippen LogP contribution in [0.25, 0.3) is 0 Å². The molecule has 0 aromatic carbocycles. The van der Waals surface area contributed by atoms with Gasteiger partial charge in [-0.15, -0.1) is 0 Å². The first-order chi connectivity index (χ1) is 7.54. The van der Waals surface area contributed by atoms with Crippen molar-refractivity contribution in [2.75, 3.05) is 0 Å². The minimum atomic E-state index is -0.0933. The van der Waals surface area contributed by atoms with Gasteiger partial charge in [0.05, 0.1) is 6.04 Å². The van der Waals surface area contributed by atoms with Crippen LogP contribution in [0.15, 0.2) is 0 Å². The molecule has 2 unspecified atom stereocenters. The highest BCUT2D eigenvalue weighted by molar-refractivity contribution is 5.81. The Labute approximate surface area is 100 Å². The molecule has 2 atom stereocenters. The molecule has 0 fully saturated rings. The second-order valence-electron chi connectivity index (χ2n) is 4.60. The van der Waals surface area contributed by atoms with E-state index in [0.717, 1.165) is 25.7 Å². The molecular formula is C13H28N2O. The molecule has 0 saturated heterocycles. The van der Waals surface area contributed by atoms with Gasteiger partial charge in [0.1, 0.15) is 0 Å². The molecule has 3 nitrogen and oxygen atoms in total. The number of carbonyl (C=O) groups is 1. The molecule has 0 bridgehead atoms. The van der Waals surface area contributed by atoms with E-state index in [1.165, 1.54) is 0 Å². The van der Waals surface area contributed by atoms with Crippen molar-refractivity contribution in [2.24, 2.45) is 0 Å². The Kier molecular flexibility index (Phi) is 8.26. The molecule has 0 rings (SSSR count). The van der Waals surface area contributed by atoms with E-state index in [1.807, 2.05) is 6.92 Å². The lowest BCUT2D eigenvalue weighted by atomic mass is 10.1. The van der Waals surface area contributed by atoms with Gasteiger partial charge in [0.15, 0.2) is 0 Å². The van der Waals surface area contributed by atoms with Gasteiger partial charge in [-0.2, -0.15) is 0 Å². The quantitative estimate of drug-likeness (QED) is 0.670. The summed E-state index contributed by atoms with van der Waals surface area (Å²) in [6.45, 7) is 10.4. The Morgan fingerprint density at radius 3 is 2.12 bits per heavy atom. The molecule has 0 radical (unpaired) electrons. The van der Waals surface area contributed by atoms with Gasteiger partial charge < -0.3 is 10.6 Å². The predicted molar refractivity (Wildman–Crippen MR) is 69.5 cm³/mol.